The second-order valence-corrected chi connectivity index (χ2v) is 6.95. The Hall–Kier alpha value is -0.900. The van der Waals surface area contributed by atoms with Crippen molar-refractivity contribution >= 4 is 18.0 Å². The lowest BCUT2D eigenvalue weighted by Crippen LogP contribution is -2.59. The first-order valence-electron chi connectivity index (χ1n) is 7.75. The van der Waals surface area contributed by atoms with Crippen molar-refractivity contribution in [2.45, 2.75) is 67.8 Å². The summed E-state index contributed by atoms with van der Waals surface area (Å²) in [6.45, 7) is 0. The molecule has 6 nitrogen and oxygen atoms in total. The molecular formula is C13H15F8O6S-. The molecular weight excluding hydrogens is 436 g/mol. The molecule has 0 saturated heterocycles. The van der Waals surface area contributed by atoms with Crippen LogP contribution in [0.2, 0.25) is 0 Å². The van der Waals surface area contributed by atoms with E-state index in [9.17, 15) is 50.3 Å². The molecule has 1 aliphatic rings. The van der Waals surface area contributed by atoms with Gasteiger partial charge in [0.2, 0.25) is 0 Å². The largest absolute Gasteiger partial charge is 0.691 e. The zero-order chi connectivity index (χ0) is 21.8. The molecule has 1 saturated carbocycles. The fourth-order valence-electron chi connectivity index (χ4n) is 2.79. The van der Waals surface area contributed by atoms with Crippen molar-refractivity contribution in [1.82, 2.24) is 0 Å². The summed E-state index contributed by atoms with van der Waals surface area (Å²) in [7, 11) is 0. The minimum Gasteiger partial charge on any atom is -0.691 e. The van der Waals surface area contributed by atoms with Gasteiger partial charge in [0, 0.05) is 6.42 Å². The highest BCUT2D eigenvalue weighted by Gasteiger charge is 2.71. The van der Waals surface area contributed by atoms with Crippen molar-refractivity contribution in [3.05, 3.63) is 0 Å². The Labute approximate surface area is 157 Å². The number of rotatable bonds is 8. The van der Waals surface area contributed by atoms with Gasteiger partial charge in [-0.25, -0.2) is 4.79 Å². The van der Waals surface area contributed by atoms with E-state index in [-0.39, 0.29) is 12.8 Å². The van der Waals surface area contributed by atoms with E-state index in [1.165, 1.54) is 0 Å². The number of ether oxygens (including phenoxy) is 1. The highest BCUT2D eigenvalue weighted by molar-refractivity contribution is 7.96. The second-order valence-electron chi connectivity index (χ2n) is 6.14. The summed E-state index contributed by atoms with van der Waals surface area (Å²) >= 11 is -1.15. The van der Waals surface area contributed by atoms with E-state index in [0.29, 0.717) is 19.3 Å². The lowest BCUT2D eigenvalue weighted by molar-refractivity contribution is -0.777. The van der Waals surface area contributed by atoms with Crippen LogP contribution in [-0.2, 0) is 18.9 Å². The molecule has 28 heavy (non-hydrogen) atoms. The lowest BCUT2D eigenvalue weighted by Gasteiger charge is -2.38. The van der Waals surface area contributed by atoms with Crippen molar-refractivity contribution < 1.29 is 64.4 Å². The quantitative estimate of drug-likeness (QED) is 0.199. The Kier molecular flexibility index (Phi) is 8.33. The van der Waals surface area contributed by atoms with Crippen molar-refractivity contribution in [3.63, 3.8) is 0 Å². The van der Waals surface area contributed by atoms with Gasteiger partial charge in [-0.05, 0) is 18.8 Å². The van der Waals surface area contributed by atoms with E-state index in [4.69, 9.17) is 0 Å². The molecule has 1 fully saturated rings. The van der Waals surface area contributed by atoms with Crippen LogP contribution in [0, 0.1) is 5.92 Å². The van der Waals surface area contributed by atoms with Crippen LogP contribution in [0.1, 0.15) is 38.5 Å². The Balaban J connectivity index is 3.13. The molecule has 0 radical (unpaired) electrons. The Morgan fingerprint density at radius 3 is 1.96 bits per heavy atom. The van der Waals surface area contributed by atoms with Crippen molar-refractivity contribution in [2.24, 2.45) is 5.92 Å². The van der Waals surface area contributed by atoms with Crippen LogP contribution in [0.4, 0.5) is 35.1 Å². The van der Waals surface area contributed by atoms with Gasteiger partial charge in [0.25, 0.3) is 5.60 Å². The fraction of sp³-hybridized carbons (Fsp3) is 0.923. The molecule has 1 atom stereocenters. The molecule has 15 heteroatoms. The molecule has 0 aliphatic heterocycles. The first-order chi connectivity index (χ1) is 12.7. The average molecular weight is 451 g/mol. The third-order valence-electron chi connectivity index (χ3n) is 4.27. The second kappa shape index (κ2) is 9.28. The van der Waals surface area contributed by atoms with Crippen LogP contribution < -0.4 is 5.26 Å². The van der Waals surface area contributed by atoms with Crippen molar-refractivity contribution in [3.8, 4) is 0 Å². The van der Waals surface area contributed by atoms with Crippen LogP contribution in [0.25, 0.3) is 0 Å². The number of aliphatic hydroxyl groups is 1. The Morgan fingerprint density at radius 1 is 1.04 bits per heavy atom. The summed E-state index contributed by atoms with van der Waals surface area (Å²) in [5, 5.41) is 16.8. The average Bonchev–Trinajstić information content (AvgIpc) is 2.58. The van der Waals surface area contributed by atoms with Crippen molar-refractivity contribution in [1.29, 1.82) is 0 Å². The predicted molar refractivity (Wildman–Crippen MR) is 72.8 cm³/mol. The van der Waals surface area contributed by atoms with Crippen LogP contribution in [0.15, 0.2) is 0 Å². The zero-order valence-corrected chi connectivity index (χ0v) is 14.6. The number of carbonyl (C=O) groups excluding carboxylic acids is 1. The lowest BCUT2D eigenvalue weighted by atomic mass is 9.80. The molecule has 0 aromatic rings. The third kappa shape index (κ3) is 6.05. The molecule has 1 N–H and O–H groups in total. The van der Waals surface area contributed by atoms with Gasteiger partial charge >= 0.3 is 23.6 Å². The summed E-state index contributed by atoms with van der Waals surface area (Å²) in [5.41, 5.74) is -5.28. The highest BCUT2D eigenvalue weighted by atomic mass is 32.2. The number of hydrogen-bond acceptors (Lipinski definition) is 7. The minimum atomic E-state index is -6.21. The Bertz CT molecular complexity index is 506. The van der Waals surface area contributed by atoms with E-state index >= 15 is 0 Å². The number of carbonyl (C=O) groups is 1. The maximum Gasteiger partial charge on any atom is 0.426 e. The predicted octanol–water partition coefficient (Wildman–Crippen LogP) is 3.19. The van der Waals surface area contributed by atoms with Gasteiger partial charge in [-0.2, -0.15) is 39.5 Å². The van der Waals surface area contributed by atoms with Gasteiger partial charge in [0.1, 0.15) is 18.1 Å². The van der Waals surface area contributed by atoms with Gasteiger partial charge in [0.15, 0.2) is 0 Å². The minimum absolute atomic E-state index is 0.00261. The summed E-state index contributed by atoms with van der Waals surface area (Å²) in [4.78, 5) is 11.5. The smallest absolute Gasteiger partial charge is 0.426 e. The number of esters is 1. The van der Waals surface area contributed by atoms with Crippen LogP contribution >= 0.6 is 12.0 Å². The maximum atomic E-state index is 13.5. The van der Waals surface area contributed by atoms with Gasteiger partial charge in [-0.15, -0.1) is 0 Å². The van der Waals surface area contributed by atoms with Crippen LogP contribution in [0.3, 0.4) is 0 Å². The molecule has 0 aromatic heterocycles. The van der Waals surface area contributed by atoms with E-state index in [0.717, 1.165) is 0 Å². The summed E-state index contributed by atoms with van der Waals surface area (Å²) < 4.78 is 112. The molecule has 0 spiro atoms. The molecule has 1 unspecified atom stereocenters. The number of hydrogen-bond donors (Lipinski definition) is 1. The van der Waals surface area contributed by atoms with Gasteiger partial charge < -0.3 is 15.1 Å². The third-order valence-corrected chi connectivity index (χ3v) is 4.77. The van der Waals surface area contributed by atoms with E-state index in [2.05, 4.69) is 14.1 Å². The molecule has 0 bridgehead atoms. The summed E-state index contributed by atoms with van der Waals surface area (Å²) in [6.07, 6.45) is -15.6. The molecule has 0 amide bonds. The van der Waals surface area contributed by atoms with Crippen molar-refractivity contribution in [2.75, 3.05) is 0 Å². The normalized spacial score (nSPS) is 18.8. The molecule has 1 aliphatic carbocycles. The van der Waals surface area contributed by atoms with Gasteiger partial charge in [-0.3, -0.25) is 5.04 Å². The maximum absolute atomic E-state index is 13.5. The van der Waals surface area contributed by atoms with Gasteiger partial charge in [-0.1, -0.05) is 19.3 Å². The van der Waals surface area contributed by atoms with E-state index in [1.807, 2.05) is 0 Å². The van der Waals surface area contributed by atoms with E-state index in [1.54, 1.807) is 0 Å². The fourth-order valence-corrected chi connectivity index (χ4v) is 3.02. The number of alkyl halides is 8. The molecule has 1 rings (SSSR count). The molecule has 166 valence electrons. The summed E-state index contributed by atoms with van der Waals surface area (Å²) in [5.74, 6) is -3.66. The van der Waals surface area contributed by atoms with E-state index < -0.39 is 59.7 Å². The number of halogens is 8. The van der Waals surface area contributed by atoms with Crippen LogP contribution in [-0.4, -0.2) is 40.4 Å². The topological polar surface area (TPSA) is 88.1 Å². The van der Waals surface area contributed by atoms with Crippen LogP contribution in [0.5, 0.6) is 0 Å². The first kappa shape index (κ1) is 25.1. The Morgan fingerprint density at radius 2 is 1.54 bits per heavy atom. The molecule has 0 heterocycles. The molecule has 0 aromatic carbocycles. The SMILES string of the molecule is O=C(OC(CC(O)(C(F)(F)F)C(F)(F)F)C1CCCCC1)C(F)(F)SOO[O-]. The highest BCUT2D eigenvalue weighted by Crippen LogP contribution is 2.48. The first-order valence-corrected chi connectivity index (χ1v) is 8.49. The monoisotopic (exact) mass is 451 g/mol. The standard InChI is InChI=1S/C13H16F8O6S/c14-11(15,28-27-26-24)9(22)25-8(7-4-2-1-3-5-7)6-10(23,12(16,17)18)13(19,20)21/h7-8,23-24H,1-6H2/p-1. The summed E-state index contributed by atoms with van der Waals surface area (Å²) in [6, 6.07) is 0. The zero-order valence-electron chi connectivity index (χ0n) is 13.8. The van der Waals surface area contributed by atoms with Gasteiger partial charge in [0.05, 0.1) is 0 Å².